The largest absolute Gasteiger partial charge is 0.480 e. The molecule has 0 saturated heterocycles. The van der Waals surface area contributed by atoms with Gasteiger partial charge in [-0.25, -0.2) is 0 Å². The molecule has 0 aliphatic carbocycles. The van der Waals surface area contributed by atoms with Crippen molar-refractivity contribution in [3.05, 3.63) is 52.0 Å². The van der Waals surface area contributed by atoms with Crippen LogP contribution in [0.25, 0.3) is 0 Å². The molecule has 0 spiro atoms. The first-order valence-corrected chi connectivity index (χ1v) is 8.79. The SMILES string of the molecule is Cc1ccc(O[C@@H](C)C(=O)N(C)Cc2ccc3c(c2)OCO3)c(Br)c1. The highest BCUT2D eigenvalue weighted by molar-refractivity contribution is 9.10. The van der Waals surface area contributed by atoms with Gasteiger partial charge in [-0.05, 0) is 65.2 Å². The van der Waals surface area contributed by atoms with Crippen molar-refractivity contribution in [3.8, 4) is 17.2 Å². The third kappa shape index (κ3) is 4.07. The molecule has 1 atom stereocenters. The maximum atomic E-state index is 12.6. The van der Waals surface area contributed by atoms with Crippen molar-refractivity contribution in [1.29, 1.82) is 0 Å². The summed E-state index contributed by atoms with van der Waals surface area (Å²) in [7, 11) is 1.76. The van der Waals surface area contributed by atoms with Gasteiger partial charge in [0.1, 0.15) is 5.75 Å². The first-order valence-electron chi connectivity index (χ1n) is 8.00. The van der Waals surface area contributed by atoms with E-state index in [9.17, 15) is 4.79 Å². The minimum absolute atomic E-state index is 0.0925. The number of fused-ring (bicyclic) bond motifs is 1. The van der Waals surface area contributed by atoms with Crippen LogP contribution in [0.2, 0.25) is 0 Å². The molecule has 0 radical (unpaired) electrons. The topological polar surface area (TPSA) is 48.0 Å². The van der Waals surface area contributed by atoms with Crippen molar-refractivity contribution < 1.29 is 19.0 Å². The summed E-state index contributed by atoms with van der Waals surface area (Å²) < 4.78 is 17.3. The lowest BCUT2D eigenvalue weighted by atomic mass is 10.2. The molecule has 0 aromatic heterocycles. The number of aryl methyl sites for hydroxylation is 1. The Balaban J connectivity index is 1.63. The highest BCUT2D eigenvalue weighted by Crippen LogP contribution is 2.33. The van der Waals surface area contributed by atoms with Gasteiger partial charge in [0.2, 0.25) is 6.79 Å². The lowest BCUT2D eigenvalue weighted by Gasteiger charge is -2.23. The van der Waals surface area contributed by atoms with Crippen LogP contribution in [-0.4, -0.2) is 30.8 Å². The Morgan fingerprint density at radius 3 is 2.76 bits per heavy atom. The summed E-state index contributed by atoms with van der Waals surface area (Å²) in [6.07, 6.45) is -0.585. The Morgan fingerprint density at radius 1 is 1.24 bits per heavy atom. The van der Waals surface area contributed by atoms with E-state index in [2.05, 4.69) is 15.9 Å². The maximum absolute atomic E-state index is 12.6. The molecule has 25 heavy (non-hydrogen) atoms. The fraction of sp³-hybridized carbons (Fsp3) is 0.316. The van der Waals surface area contributed by atoms with E-state index in [1.165, 1.54) is 0 Å². The smallest absolute Gasteiger partial charge is 0.263 e. The minimum atomic E-state index is -0.585. The van der Waals surface area contributed by atoms with Crippen molar-refractivity contribution in [2.45, 2.75) is 26.5 Å². The molecule has 6 heteroatoms. The van der Waals surface area contributed by atoms with Crippen LogP contribution in [0.4, 0.5) is 0 Å². The van der Waals surface area contributed by atoms with Crippen molar-refractivity contribution in [1.82, 2.24) is 4.90 Å². The van der Waals surface area contributed by atoms with Crippen LogP contribution in [0.5, 0.6) is 17.2 Å². The second kappa shape index (κ2) is 7.35. The zero-order chi connectivity index (χ0) is 18.0. The van der Waals surface area contributed by atoms with E-state index < -0.39 is 6.10 Å². The molecule has 1 aliphatic rings. The predicted octanol–water partition coefficient (Wildman–Crippen LogP) is 3.91. The minimum Gasteiger partial charge on any atom is -0.480 e. The van der Waals surface area contributed by atoms with Crippen molar-refractivity contribution in [3.63, 3.8) is 0 Å². The van der Waals surface area contributed by atoms with Crippen LogP contribution in [0.3, 0.4) is 0 Å². The zero-order valence-electron chi connectivity index (χ0n) is 14.4. The van der Waals surface area contributed by atoms with E-state index in [4.69, 9.17) is 14.2 Å². The average Bonchev–Trinajstić information content (AvgIpc) is 3.04. The lowest BCUT2D eigenvalue weighted by molar-refractivity contribution is -0.137. The summed E-state index contributed by atoms with van der Waals surface area (Å²) in [4.78, 5) is 14.2. The van der Waals surface area contributed by atoms with Gasteiger partial charge < -0.3 is 19.1 Å². The Kier molecular flexibility index (Phi) is 5.18. The van der Waals surface area contributed by atoms with Gasteiger partial charge in [0.15, 0.2) is 17.6 Å². The van der Waals surface area contributed by atoms with Gasteiger partial charge in [-0.3, -0.25) is 4.79 Å². The Bertz CT molecular complexity index is 793. The molecule has 0 fully saturated rings. The fourth-order valence-corrected chi connectivity index (χ4v) is 3.23. The molecule has 0 unspecified atom stereocenters. The molecule has 132 valence electrons. The van der Waals surface area contributed by atoms with Crippen LogP contribution in [0.15, 0.2) is 40.9 Å². The van der Waals surface area contributed by atoms with Gasteiger partial charge in [0.05, 0.1) is 4.47 Å². The number of hydrogen-bond acceptors (Lipinski definition) is 4. The summed E-state index contributed by atoms with van der Waals surface area (Å²) >= 11 is 3.47. The maximum Gasteiger partial charge on any atom is 0.263 e. The van der Waals surface area contributed by atoms with E-state index in [0.29, 0.717) is 18.0 Å². The predicted molar refractivity (Wildman–Crippen MR) is 98.0 cm³/mol. The average molecular weight is 406 g/mol. The van der Waals surface area contributed by atoms with Crippen LogP contribution < -0.4 is 14.2 Å². The Labute approximate surface area is 155 Å². The zero-order valence-corrected chi connectivity index (χ0v) is 16.0. The van der Waals surface area contributed by atoms with Gasteiger partial charge in [0.25, 0.3) is 5.91 Å². The van der Waals surface area contributed by atoms with Gasteiger partial charge in [-0.2, -0.15) is 0 Å². The lowest BCUT2D eigenvalue weighted by Crippen LogP contribution is -2.37. The molecular formula is C19H20BrNO4. The first kappa shape index (κ1) is 17.6. The van der Waals surface area contributed by atoms with Crippen LogP contribution >= 0.6 is 15.9 Å². The molecule has 2 aromatic rings. The first-order chi connectivity index (χ1) is 11.9. The van der Waals surface area contributed by atoms with Crippen LogP contribution in [0.1, 0.15) is 18.1 Å². The highest BCUT2D eigenvalue weighted by Gasteiger charge is 2.21. The van der Waals surface area contributed by atoms with Gasteiger partial charge in [-0.15, -0.1) is 0 Å². The monoisotopic (exact) mass is 405 g/mol. The third-order valence-electron chi connectivity index (χ3n) is 3.97. The summed E-state index contributed by atoms with van der Waals surface area (Å²) in [5.74, 6) is 2.01. The Hall–Kier alpha value is -2.21. The number of carbonyl (C=O) groups is 1. The molecule has 1 amide bonds. The number of rotatable bonds is 5. The normalized spacial score (nSPS) is 13.4. The molecule has 1 aliphatic heterocycles. The van der Waals surface area contributed by atoms with E-state index in [0.717, 1.165) is 21.3 Å². The number of hydrogen-bond donors (Lipinski definition) is 0. The quantitative estimate of drug-likeness (QED) is 0.756. The van der Waals surface area contributed by atoms with E-state index in [1.807, 2.05) is 43.3 Å². The molecule has 1 heterocycles. The van der Waals surface area contributed by atoms with Gasteiger partial charge in [0, 0.05) is 13.6 Å². The second-order valence-electron chi connectivity index (χ2n) is 6.08. The number of halogens is 1. The van der Waals surface area contributed by atoms with Crippen molar-refractivity contribution >= 4 is 21.8 Å². The van der Waals surface area contributed by atoms with E-state index >= 15 is 0 Å². The highest BCUT2D eigenvalue weighted by atomic mass is 79.9. The Morgan fingerprint density at radius 2 is 2.00 bits per heavy atom. The third-order valence-corrected chi connectivity index (χ3v) is 4.59. The standard InChI is InChI=1S/C19H20BrNO4/c1-12-4-6-16(15(20)8-12)25-13(2)19(22)21(3)10-14-5-7-17-18(9-14)24-11-23-17/h4-9,13H,10-11H2,1-3H3/t13-/m0/s1. The summed E-state index contributed by atoms with van der Waals surface area (Å²) in [5, 5.41) is 0. The molecule has 5 nitrogen and oxygen atoms in total. The molecule has 0 saturated carbocycles. The van der Waals surface area contributed by atoms with Crippen LogP contribution in [0, 0.1) is 6.92 Å². The van der Waals surface area contributed by atoms with Crippen molar-refractivity contribution in [2.24, 2.45) is 0 Å². The summed E-state index contributed by atoms with van der Waals surface area (Å²) in [6, 6.07) is 11.5. The molecular weight excluding hydrogens is 386 g/mol. The van der Waals surface area contributed by atoms with Crippen LogP contribution in [-0.2, 0) is 11.3 Å². The molecule has 0 bridgehead atoms. The summed E-state index contributed by atoms with van der Waals surface area (Å²) in [6.45, 7) is 4.47. The number of benzene rings is 2. The number of likely N-dealkylation sites (N-methyl/N-ethyl adjacent to an activating group) is 1. The molecule has 2 aromatic carbocycles. The number of amides is 1. The summed E-state index contributed by atoms with van der Waals surface area (Å²) in [5.41, 5.74) is 2.10. The van der Waals surface area contributed by atoms with Crippen molar-refractivity contribution in [2.75, 3.05) is 13.8 Å². The number of ether oxygens (including phenoxy) is 3. The van der Waals surface area contributed by atoms with E-state index in [1.54, 1.807) is 18.9 Å². The molecule has 3 rings (SSSR count). The second-order valence-corrected chi connectivity index (χ2v) is 6.93. The molecule has 0 N–H and O–H groups in total. The number of carbonyl (C=O) groups excluding carboxylic acids is 1. The van der Waals surface area contributed by atoms with Gasteiger partial charge >= 0.3 is 0 Å². The fourth-order valence-electron chi connectivity index (χ4n) is 2.64. The van der Waals surface area contributed by atoms with Gasteiger partial charge in [-0.1, -0.05) is 12.1 Å². The number of nitrogens with zero attached hydrogens (tertiary/aromatic N) is 1. The van der Waals surface area contributed by atoms with E-state index in [-0.39, 0.29) is 12.7 Å².